The molecule has 0 fully saturated rings. The molecule has 0 spiro atoms. The van der Waals surface area contributed by atoms with Gasteiger partial charge in [0.1, 0.15) is 0 Å². The lowest BCUT2D eigenvalue weighted by Gasteiger charge is -2.20. The molecule has 3 N–H and O–H groups in total. The molecule has 0 aromatic heterocycles. The van der Waals surface area contributed by atoms with Crippen molar-refractivity contribution in [3.8, 4) is 0 Å². The second kappa shape index (κ2) is 65.6. The Kier molecular flexibility index (Phi) is 63.9. The molecule has 0 saturated heterocycles. The maximum atomic E-state index is 12.5. The lowest BCUT2D eigenvalue weighted by Crippen LogP contribution is -2.45. The summed E-state index contributed by atoms with van der Waals surface area (Å²) in [5.41, 5.74) is 0. The van der Waals surface area contributed by atoms with Crippen LogP contribution in [0.1, 0.15) is 373 Å². The topological polar surface area (TPSA) is 95.9 Å². The average Bonchev–Trinajstić information content (AvgIpc) is 3.42. The van der Waals surface area contributed by atoms with Crippen molar-refractivity contribution < 1.29 is 24.5 Å². The van der Waals surface area contributed by atoms with Crippen molar-refractivity contribution in [2.45, 2.75) is 386 Å². The lowest BCUT2D eigenvalue weighted by molar-refractivity contribution is -0.143. The molecule has 0 radical (unpaired) electrons. The van der Waals surface area contributed by atoms with Gasteiger partial charge < -0.3 is 20.3 Å². The normalized spacial score (nSPS) is 12.7. The highest BCUT2D eigenvalue weighted by atomic mass is 16.5. The van der Waals surface area contributed by atoms with Crippen molar-refractivity contribution in [2.24, 2.45) is 0 Å². The number of unbranched alkanes of at least 4 members (excludes halogenated alkanes) is 49. The van der Waals surface area contributed by atoms with Gasteiger partial charge in [-0.3, -0.25) is 9.59 Å². The van der Waals surface area contributed by atoms with E-state index in [9.17, 15) is 19.8 Å². The number of allylic oxidation sites excluding steroid dienone is 5. The Balaban J connectivity index is 3.48. The Labute approximate surface area is 474 Å². The fraction of sp³-hybridized carbons (Fsp3) is 0.886. The van der Waals surface area contributed by atoms with Gasteiger partial charge in [-0.25, -0.2) is 0 Å². The second-order valence-corrected chi connectivity index (χ2v) is 23.5. The highest BCUT2D eigenvalue weighted by molar-refractivity contribution is 5.76. The average molecular weight is 1070 g/mol. The van der Waals surface area contributed by atoms with Gasteiger partial charge in [0, 0.05) is 12.8 Å². The predicted octanol–water partition coefficient (Wildman–Crippen LogP) is 21.9. The summed E-state index contributed by atoms with van der Waals surface area (Å²) >= 11 is 0. The van der Waals surface area contributed by atoms with Crippen LogP contribution < -0.4 is 5.32 Å². The van der Waals surface area contributed by atoms with Crippen molar-refractivity contribution in [2.75, 3.05) is 13.2 Å². The minimum atomic E-state index is -0.853. The summed E-state index contributed by atoms with van der Waals surface area (Å²) in [6.07, 6.45) is 83.5. The number of carbonyl (C=O) groups excluding carboxylic acids is 2. The van der Waals surface area contributed by atoms with E-state index in [4.69, 9.17) is 4.74 Å². The quantitative estimate of drug-likeness (QED) is 0.0320. The summed E-state index contributed by atoms with van der Waals surface area (Å²) < 4.78 is 5.47. The van der Waals surface area contributed by atoms with Crippen molar-refractivity contribution >= 4 is 11.9 Å². The fourth-order valence-electron chi connectivity index (χ4n) is 10.7. The first-order chi connectivity index (χ1) is 37.5. The van der Waals surface area contributed by atoms with Gasteiger partial charge in [0.2, 0.25) is 5.91 Å². The van der Waals surface area contributed by atoms with Gasteiger partial charge in [-0.2, -0.15) is 0 Å². The number of esters is 1. The molecule has 1 amide bonds. The standard InChI is InChI=1S/C70H133NO5/c1-3-5-7-9-11-13-15-17-18-19-20-21-22-24-27-30-33-36-39-42-46-50-54-58-62-68(73)67(66-72)71-69(74)63-59-55-51-47-43-40-37-34-31-28-25-23-26-29-32-35-38-41-45-49-53-57-61-65-76-70(75)64-60-56-52-48-44-16-14-12-10-8-6-4-2/h23,26,28,31,58,62,67-68,72-73H,3-22,24-25,27,29-30,32-57,59-61,63-66H2,1-2H3,(H,71,74)/b26-23-,31-28-,62-58+. The van der Waals surface area contributed by atoms with E-state index >= 15 is 0 Å². The summed E-state index contributed by atoms with van der Waals surface area (Å²) in [6.45, 7) is 4.92. The summed E-state index contributed by atoms with van der Waals surface area (Å²) in [4.78, 5) is 24.5. The summed E-state index contributed by atoms with van der Waals surface area (Å²) in [5.74, 6) is -0.0672. The molecular weight excluding hydrogens is 935 g/mol. The number of aliphatic hydroxyl groups is 2. The first kappa shape index (κ1) is 74.1. The van der Waals surface area contributed by atoms with Crippen LogP contribution in [-0.4, -0.2) is 47.4 Å². The third kappa shape index (κ3) is 61.3. The molecule has 0 aromatic carbocycles. The Morgan fingerprint density at radius 1 is 0.368 bits per heavy atom. The van der Waals surface area contributed by atoms with Crippen LogP contribution in [-0.2, 0) is 14.3 Å². The number of ether oxygens (including phenoxy) is 1. The Hall–Kier alpha value is -1.92. The van der Waals surface area contributed by atoms with Crippen molar-refractivity contribution in [3.63, 3.8) is 0 Å². The van der Waals surface area contributed by atoms with E-state index < -0.39 is 12.1 Å². The maximum absolute atomic E-state index is 12.5. The largest absolute Gasteiger partial charge is 0.466 e. The molecule has 0 aromatic rings. The van der Waals surface area contributed by atoms with Gasteiger partial charge in [-0.1, -0.05) is 333 Å². The maximum Gasteiger partial charge on any atom is 0.305 e. The van der Waals surface area contributed by atoms with Crippen molar-refractivity contribution in [1.29, 1.82) is 0 Å². The van der Waals surface area contributed by atoms with E-state index in [1.165, 1.54) is 289 Å². The van der Waals surface area contributed by atoms with Crippen LogP contribution in [0.3, 0.4) is 0 Å². The number of rotatable bonds is 64. The van der Waals surface area contributed by atoms with E-state index in [2.05, 4.69) is 43.5 Å². The molecular formula is C70H133NO5. The minimum absolute atomic E-state index is 0.00762. The third-order valence-electron chi connectivity index (χ3n) is 15.9. The van der Waals surface area contributed by atoms with E-state index in [1.54, 1.807) is 6.08 Å². The zero-order chi connectivity index (χ0) is 55.0. The summed E-state index contributed by atoms with van der Waals surface area (Å²) in [5, 5.41) is 23.2. The number of nitrogens with one attached hydrogen (secondary N) is 1. The van der Waals surface area contributed by atoms with Gasteiger partial charge in [-0.15, -0.1) is 0 Å². The minimum Gasteiger partial charge on any atom is -0.466 e. The SMILES string of the molecule is CCCCCCCCCCCCCCCCCCCCCCCC/C=C/C(O)C(CO)NC(=O)CCCCCCCCC/C=C\C/C=C\CCCCCCCCCCCOC(=O)CCCCCCCCCCCCCC. The number of amides is 1. The van der Waals surface area contributed by atoms with Gasteiger partial charge in [0.25, 0.3) is 0 Å². The smallest absolute Gasteiger partial charge is 0.305 e. The predicted molar refractivity (Wildman–Crippen MR) is 333 cm³/mol. The summed E-state index contributed by atoms with van der Waals surface area (Å²) in [6, 6.07) is -0.637. The van der Waals surface area contributed by atoms with Crippen LogP contribution in [0, 0.1) is 0 Å². The monoisotopic (exact) mass is 1070 g/mol. The molecule has 76 heavy (non-hydrogen) atoms. The van der Waals surface area contributed by atoms with Crippen LogP contribution >= 0.6 is 0 Å². The molecule has 6 nitrogen and oxygen atoms in total. The zero-order valence-electron chi connectivity index (χ0n) is 51.3. The first-order valence-electron chi connectivity index (χ1n) is 34.3. The van der Waals surface area contributed by atoms with E-state index in [1.807, 2.05) is 6.08 Å². The molecule has 0 aliphatic carbocycles. The Morgan fingerprint density at radius 2 is 0.658 bits per heavy atom. The number of hydrogen-bond donors (Lipinski definition) is 3. The van der Waals surface area contributed by atoms with E-state index in [0.717, 1.165) is 57.8 Å². The summed E-state index contributed by atoms with van der Waals surface area (Å²) in [7, 11) is 0. The second-order valence-electron chi connectivity index (χ2n) is 23.5. The molecule has 0 bridgehead atoms. The number of carbonyl (C=O) groups is 2. The molecule has 448 valence electrons. The molecule has 2 atom stereocenters. The van der Waals surface area contributed by atoms with Crippen molar-refractivity contribution in [3.05, 3.63) is 36.5 Å². The van der Waals surface area contributed by atoms with Crippen LogP contribution in [0.15, 0.2) is 36.5 Å². The lowest BCUT2D eigenvalue weighted by atomic mass is 10.0. The Bertz CT molecular complexity index is 1230. The molecule has 0 rings (SSSR count). The molecule has 0 saturated carbocycles. The van der Waals surface area contributed by atoms with Crippen molar-refractivity contribution in [1.82, 2.24) is 5.32 Å². The molecule has 0 aliphatic rings. The Morgan fingerprint density at radius 3 is 1.00 bits per heavy atom. The highest BCUT2D eigenvalue weighted by Gasteiger charge is 2.18. The van der Waals surface area contributed by atoms with E-state index in [-0.39, 0.29) is 18.5 Å². The number of hydrogen-bond acceptors (Lipinski definition) is 5. The fourth-order valence-corrected chi connectivity index (χ4v) is 10.7. The van der Waals surface area contributed by atoms with Gasteiger partial charge >= 0.3 is 5.97 Å². The van der Waals surface area contributed by atoms with Gasteiger partial charge in [0.15, 0.2) is 0 Å². The molecule has 2 unspecified atom stereocenters. The zero-order valence-corrected chi connectivity index (χ0v) is 51.3. The first-order valence-corrected chi connectivity index (χ1v) is 34.3. The molecule has 0 aliphatic heterocycles. The van der Waals surface area contributed by atoms with Crippen LogP contribution in [0.25, 0.3) is 0 Å². The van der Waals surface area contributed by atoms with Crippen LogP contribution in [0.2, 0.25) is 0 Å². The van der Waals surface area contributed by atoms with Gasteiger partial charge in [-0.05, 0) is 64.2 Å². The highest BCUT2D eigenvalue weighted by Crippen LogP contribution is 2.18. The van der Waals surface area contributed by atoms with Crippen LogP contribution in [0.4, 0.5) is 0 Å². The molecule has 6 heteroatoms. The van der Waals surface area contributed by atoms with E-state index in [0.29, 0.717) is 19.4 Å². The third-order valence-corrected chi connectivity index (χ3v) is 15.9. The number of aliphatic hydroxyl groups excluding tert-OH is 2. The van der Waals surface area contributed by atoms with Crippen LogP contribution in [0.5, 0.6) is 0 Å². The molecule has 0 heterocycles. The van der Waals surface area contributed by atoms with Gasteiger partial charge in [0.05, 0.1) is 25.4 Å².